The SMILES string of the molecule is CCC(N)Cc1nc(-c2coc3ccccc23)no1. The highest BCUT2D eigenvalue weighted by Gasteiger charge is 2.15. The van der Waals surface area contributed by atoms with Crippen LogP contribution in [0.3, 0.4) is 0 Å². The van der Waals surface area contributed by atoms with Gasteiger partial charge < -0.3 is 14.7 Å². The van der Waals surface area contributed by atoms with Gasteiger partial charge in [-0.3, -0.25) is 0 Å². The molecule has 98 valence electrons. The van der Waals surface area contributed by atoms with Gasteiger partial charge in [-0.25, -0.2) is 0 Å². The van der Waals surface area contributed by atoms with Gasteiger partial charge in [0.2, 0.25) is 11.7 Å². The molecule has 19 heavy (non-hydrogen) atoms. The van der Waals surface area contributed by atoms with Crippen LogP contribution in [0.2, 0.25) is 0 Å². The van der Waals surface area contributed by atoms with Crippen molar-refractivity contribution in [1.29, 1.82) is 0 Å². The highest BCUT2D eigenvalue weighted by molar-refractivity contribution is 5.91. The van der Waals surface area contributed by atoms with Gasteiger partial charge in [0.15, 0.2) is 0 Å². The summed E-state index contributed by atoms with van der Waals surface area (Å²) >= 11 is 0. The van der Waals surface area contributed by atoms with Gasteiger partial charge in [0.1, 0.15) is 11.8 Å². The van der Waals surface area contributed by atoms with Gasteiger partial charge >= 0.3 is 0 Å². The maximum atomic E-state index is 5.88. The normalized spacial score (nSPS) is 12.9. The first kappa shape index (κ1) is 11.9. The van der Waals surface area contributed by atoms with Crippen molar-refractivity contribution in [2.45, 2.75) is 25.8 Å². The predicted octanol–water partition coefficient (Wildman–Crippen LogP) is 2.76. The lowest BCUT2D eigenvalue weighted by molar-refractivity contribution is 0.368. The summed E-state index contributed by atoms with van der Waals surface area (Å²) in [5.74, 6) is 1.11. The smallest absolute Gasteiger partial charge is 0.228 e. The number of fused-ring (bicyclic) bond motifs is 1. The van der Waals surface area contributed by atoms with Gasteiger partial charge in [0, 0.05) is 17.8 Å². The van der Waals surface area contributed by atoms with Crippen LogP contribution < -0.4 is 5.73 Å². The minimum absolute atomic E-state index is 0.0504. The zero-order valence-corrected chi connectivity index (χ0v) is 10.7. The zero-order chi connectivity index (χ0) is 13.2. The van der Waals surface area contributed by atoms with E-state index in [-0.39, 0.29) is 6.04 Å². The van der Waals surface area contributed by atoms with Crippen molar-refractivity contribution >= 4 is 11.0 Å². The first-order valence-corrected chi connectivity index (χ1v) is 6.32. The first-order valence-electron chi connectivity index (χ1n) is 6.32. The summed E-state index contributed by atoms with van der Waals surface area (Å²) in [5.41, 5.74) is 7.53. The summed E-state index contributed by atoms with van der Waals surface area (Å²) in [6.45, 7) is 2.03. The summed E-state index contributed by atoms with van der Waals surface area (Å²) in [7, 11) is 0. The molecule has 1 unspecified atom stereocenters. The monoisotopic (exact) mass is 257 g/mol. The molecule has 0 radical (unpaired) electrons. The van der Waals surface area contributed by atoms with Gasteiger partial charge in [-0.15, -0.1) is 0 Å². The molecule has 0 fully saturated rings. The quantitative estimate of drug-likeness (QED) is 0.777. The third-order valence-corrected chi connectivity index (χ3v) is 3.15. The Kier molecular flexibility index (Phi) is 3.05. The van der Waals surface area contributed by atoms with E-state index < -0.39 is 0 Å². The van der Waals surface area contributed by atoms with E-state index in [1.54, 1.807) is 6.26 Å². The summed E-state index contributed by atoms with van der Waals surface area (Å²) in [6.07, 6.45) is 3.13. The number of rotatable bonds is 4. The molecule has 5 heteroatoms. The van der Waals surface area contributed by atoms with Crippen LogP contribution in [0.5, 0.6) is 0 Å². The van der Waals surface area contributed by atoms with Gasteiger partial charge in [-0.2, -0.15) is 4.98 Å². The molecule has 0 spiro atoms. The molecular formula is C14H15N3O2. The Morgan fingerprint density at radius 1 is 1.32 bits per heavy atom. The Hall–Kier alpha value is -2.14. The van der Waals surface area contributed by atoms with Crippen molar-refractivity contribution < 1.29 is 8.94 Å². The van der Waals surface area contributed by atoms with Crippen LogP contribution in [0.4, 0.5) is 0 Å². The van der Waals surface area contributed by atoms with Gasteiger partial charge in [0.25, 0.3) is 0 Å². The second kappa shape index (κ2) is 4.85. The van der Waals surface area contributed by atoms with Crippen LogP contribution in [0, 0.1) is 0 Å². The lowest BCUT2D eigenvalue weighted by atomic mass is 10.1. The van der Waals surface area contributed by atoms with Gasteiger partial charge in [0.05, 0.1) is 5.56 Å². The predicted molar refractivity (Wildman–Crippen MR) is 71.5 cm³/mol. The molecule has 2 N–H and O–H groups in total. The first-order chi connectivity index (χ1) is 9.28. The zero-order valence-electron chi connectivity index (χ0n) is 10.7. The van der Waals surface area contributed by atoms with Crippen molar-refractivity contribution in [3.63, 3.8) is 0 Å². The topological polar surface area (TPSA) is 78.1 Å². The van der Waals surface area contributed by atoms with E-state index in [1.165, 1.54) is 0 Å². The molecule has 0 bridgehead atoms. The highest BCUT2D eigenvalue weighted by atomic mass is 16.5. The molecule has 5 nitrogen and oxygen atoms in total. The van der Waals surface area contributed by atoms with Crippen LogP contribution in [0.25, 0.3) is 22.4 Å². The van der Waals surface area contributed by atoms with Crippen LogP contribution in [-0.2, 0) is 6.42 Å². The lowest BCUT2D eigenvalue weighted by Crippen LogP contribution is -2.21. The van der Waals surface area contributed by atoms with Crippen molar-refractivity contribution in [2.24, 2.45) is 5.73 Å². The minimum atomic E-state index is 0.0504. The maximum Gasteiger partial charge on any atom is 0.228 e. The van der Waals surface area contributed by atoms with Crippen LogP contribution >= 0.6 is 0 Å². The Bertz CT molecular complexity index is 687. The molecule has 3 rings (SSSR count). The second-order valence-electron chi connectivity index (χ2n) is 4.53. The molecular weight excluding hydrogens is 242 g/mol. The number of benzene rings is 1. The van der Waals surface area contributed by atoms with Gasteiger partial charge in [-0.05, 0) is 12.5 Å². The number of aromatic nitrogens is 2. The minimum Gasteiger partial charge on any atom is -0.464 e. The Morgan fingerprint density at radius 3 is 3.00 bits per heavy atom. The highest BCUT2D eigenvalue weighted by Crippen LogP contribution is 2.28. The summed E-state index contributed by atoms with van der Waals surface area (Å²) in [5, 5.41) is 4.98. The molecule has 3 aromatic rings. The average Bonchev–Trinajstić information content (AvgIpc) is 3.04. The Morgan fingerprint density at radius 2 is 2.16 bits per heavy atom. The van der Waals surface area contributed by atoms with Crippen LogP contribution in [-0.4, -0.2) is 16.2 Å². The van der Waals surface area contributed by atoms with Crippen molar-refractivity contribution in [3.05, 3.63) is 36.4 Å². The molecule has 0 aliphatic carbocycles. The molecule has 0 aliphatic heterocycles. The van der Waals surface area contributed by atoms with E-state index in [4.69, 9.17) is 14.7 Å². The van der Waals surface area contributed by atoms with Gasteiger partial charge in [-0.1, -0.05) is 30.3 Å². The molecule has 0 saturated heterocycles. The fraction of sp³-hybridized carbons (Fsp3) is 0.286. The second-order valence-corrected chi connectivity index (χ2v) is 4.53. The maximum absolute atomic E-state index is 5.88. The van der Waals surface area contributed by atoms with E-state index in [2.05, 4.69) is 10.1 Å². The third kappa shape index (κ3) is 2.24. The molecule has 2 aromatic heterocycles. The van der Waals surface area contributed by atoms with Crippen molar-refractivity contribution in [3.8, 4) is 11.4 Å². The summed E-state index contributed by atoms with van der Waals surface area (Å²) < 4.78 is 10.7. The number of hydrogen-bond donors (Lipinski definition) is 1. The number of nitrogens with two attached hydrogens (primary N) is 1. The van der Waals surface area contributed by atoms with Crippen molar-refractivity contribution in [1.82, 2.24) is 10.1 Å². The number of hydrogen-bond acceptors (Lipinski definition) is 5. The molecule has 1 aromatic carbocycles. The third-order valence-electron chi connectivity index (χ3n) is 3.15. The molecule has 0 saturated carbocycles. The molecule has 0 amide bonds. The van der Waals surface area contributed by atoms with Crippen LogP contribution in [0.1, 0.15) is 19.2 Å². The van der Waals surface area contributed by atoms with E-state index in [0.717, 1.165) is 23.0 Å². The number of para-hydroxylation sites is 1. The fourth-order valence-electron chi connectivity index (χ4n) is 1.97. The Labute approximate surface area is 110 Å². The Balaban J connectivity index is 1.94. The molecule has 1 atom stereocenters. The van der Waals surface area contributed by atoms with E-state index in [0.29, 0.717) is 18.1 Å². The van der Waals surface area contributed by atoms with E-state index in [9.17, 15) is 0 Å². The fourth-order valence-corrected chi connectivity index (χ4v) is 1.97. The van der Waals surface area contributed by atoms with Crippen molar-refractivity contribution in [2.75, 3.05) is 0 Å². The molecule has 0 aliphatic rings. The van der Waals surface area contributed by atoms with E-state index >= 15 is 0 Å². The lowest BCUT2D eigenvalue weighted by Gasteiger charge is -2.02. The standard InChI is InChI=1S/C14H15N3O2/c1-2-9(15)7-13-16-14(17-19-13)11-8-18-12-6-4-3-5-10(11)12/h3-6,8-9H,2,7,15H2,1H3. The summed E-state index contributed by atoms with van der Waals surface area (Å²) in [6, 6.07) is 7.82. The summed E-state index contributed by atoms with van der Waals surface area (Å²) in [4.78, 5) is 4.37. The number of furan rings is 1. The van der Waals surface area contributed by atoms with Crippen LogP contribution in [0.15, 0.2) is 39.5 Å². The largest absolute Gasteiger partial charge is 0.464 e. The van der Waals surface area contributed by atoms with E-state index in [1.807, 2.05) is 31.2 Å². The number of nitrogens with zero attached hydrogens (tertiary/aromatic N) is 2. The molecule has 2 heterocycles. The average molecular weight is 257 g/mol.